The van der Waals surface area contributed by atoms with E-state index in [-0.39, 0.29) is 24.0 Å². The maximum Gasteiger partial charge on any atom is 0.0799 e. The van der Waals surface area contributed by atoms with E-state index in [9.17, 15) is 0 Å². The second-order valence-corrected chi connectivity index (χ2v) is 8.66. The van der Waals surface area contributed by atoms with Crippen LogP contribution in [0, 0.1) is 5.92 Å². The van der Waals surface area contributed by atoms with Gasteiger partial charge >= 0.3 is 0 Å². The van der Waals surface area contributed by atoms with Crippen molar-refractivity contribution >= 4 is 0 Å². The van der Waals surface area contributed by atoms with Crippen LogP contribution in [0.25, 0.3) is 0 Å². The van der Waals surface area contributed by atoms with E-state index < -0.39 is 0 Å². The van der Waals surface area contributed by atoms with Gasteiger partial charge in [0.1, 0.15) is 0 Å². The maximum absolute atomic E-state index is 2.35. The highest BCUT2D eigenvalue weighted by atomic mass is 127. The van der Waals surface area contributed by atoms with Gasteiger partial charge in [-0.05, 0) is 6.42 Å². The van der Waals surface area contributed by atoms with E-state index in [2.05, 4.69) is 14.0 Å². The van der Waals surface area contributed by atoms with Gasteiger partial charge in [0.05, 0.1) is 20.1 Å². The lowest BCUT2D eigenvalue weighted by atomic mass is 9.99. The number of quaternary nitrogens is 1. The van der Waals surface area contributed by atoms with Gasteiger partial charge in [0.2, 0.25) is 0 Å². The quantitative estimate of drug-likeness (QED) is 0.249. The Morgan fingerprint density at radius 1 is 0.640 bits per heavy atom. The average Bonchev–Trinajstić information content (AvgIpc) is 3.00. The first kappa shape index (κ1) is 25.7. The smallest absolute Gasteiger partial charge is 0.0799 e. The molecule has 2 atom stereocenters. The van der Waals surface area contributed by atoms with Crippen molar-refractivity contribution in [2.75, 3.05) is 20.1 Å². The first-order valence-electron chi connectivity index (χ1n) is 11.6. The van der Waals surface area contributed by atoms with Crippen LogP contribution >= 0.6 is 0 Å². The van der Waals surface area contributed by atoms with Crippen LogP contribution in [-0.2, 0) is 0 Å². The summed E-state index contributed by atoms with van der Waals surface area (Å²) < 4.78 is 0. The van der Waals surface area contributed by atoms with Crippen LogP contribution in [-0.4, -0.2) is 20.1 Å². The molecular weight excluding hydrogens is 417 g/mol. The van der Waals surface area contributed by atoms with Crippen LogP contribution in [0.2, 0.25) is 0 Å². The Morgan fingerprint density at radius 2 is 1.04 bits per heavy atom. The topological polar surface area (TPSA) is 4.44 Å². The second-order valence-electron chi connectivity index (χ2n) is 8.66. The van der Waals surface area contributed by atoms with Crippen molar-refractivity contribution in [1.82, 2.24) is 0 Å². The molecule has 25 heavy (non-hydrogen) atoms. The number of hydrogen-bond acceptors (Lipinski definition) is 0. The molecule has 0 amide bonds. The van der Waals surface area contributed by atoms with Gasteiger partial charge in [0, 0.05) is 12.3 Å². The van der Waals surface area contributed by atoms with Gasteiger partial charge in [-0.25, -0.2) is 0 Å². The molecule has 0 spiro atoms. The summed E-state index contributed by atoms with van der Waals surface area (Å²) >= 11 is 0. The zero-order chi connectivity index (χ0) is 17.3. The van der Waals surface area contributed by atoms with Crippen LogP contribution in [0.15, 0.2) is 0 Å². The molecule has 0 aromatic rings. The third-order valence-corrected chi connectivity index (χ3v) is 6.08. The van der Waals surface area contributed by atoms with Crippen LogP contribution in [0.5, 0.6) is 0 Å². The Bertz CT molecular complexity index is 256. The van der Waals surface area contributed by atoms with Crippen molar-refractivity contribution in [3.8, 4) is 0 Å². The lowest BCUT2D eigenvalue weighted by Crippen LogP contribution is -3.07. The molecule has 0 aromatic carbocycles. The van der Waals surface area contributed by atoms with Crippen LogP contribution in [0.4, 0.5) is 0 Å². The minimum absolute atomic E-state index is 0. The number of halogens is 1. The highest BCUT2D eigenvalue weighted by Gasteiger charge is 2.21. The lowest BCUT2D eigenvalue weighted by Gasteiger charge is -2.07. The monoisotopic (exact) mass is 465 g/mol. The highest BCUT2D eigenvalue weighted by Crippen LogP contribution is 2.17. The number of likely N-dealkylation sites (tertiary alicyclic amines) is 1. The minimum Gasteiger partial charge on any atom is -1.00 e. The number of hydrogen-bond donors (Lipinski definition) is 1. The van der Waals surface area contributed by atoms with Crippen LogP contribution in [0.1, 0.15) is 122 Å². The van der Waals surface area contributed by atoms with Gasteiger partial charge in [-0.15, -0.1) is 0 Å². The van der Waals surface area contributed by atoms with Crippen molar-refractivity contribution in [2.45, 2.75) is 122 Å². The summed E-state index contributed by atoms with van der Waals surface area (Å²) in [6.07, 6.45) is 26.7. The number of rotatable bonds is 17. The molecule has 1 N–H and O–H groups in total. The van der Waals surface area contributed by atoms with Crippen LogP contribution < -0.4 is 28.9 Å². The van der Waals surface area contributed by atoms with E-state index in [0.29, 0.717) is 0 Å². The summed E-state index contributed by atoms with van der Waals surface area (Å²) in [4.78, 5) is 1.76. The van der Waals surface area contributed by atoms with Crippen molar-refractivity contribution in [3.05, 3.63) is 0 Å². The van der Waals surface area contributed by atoms with Crippen molar-refractivity contribution in [1.29, 1.82) is 0 Å². The fourth-order valence-corrected chi connectivity index (χ4v) is 4.37. The summed E-state index contributed by atoms with van der Waals surface area (Å²) in [5, 5.41) is 0. The van der Waals surface area contributed by atoms with Crippen molar-refractivity contribution < 1.29 is 28.9 Å². The lowest BCUT2D eigenvalue weighted by molar-refractivity contribution is -0.867. The van der Waals surface area contributed by atoms with E-state index in [4.69, 9.17) is 0 Å². The largest absolute Gasteiger partial charge is 1.00 e. The Balaban J connectivity index is 0.00000576. The number of unbranched alkanes of at least 4 members (excludes halogenated alkanes) is 15. The zero-order valence-electron chi connectivity index (χ0n) is 17.6. The molecule has 1 heterocycles. The predicted molar refractivity (Wildman–Crippen MR) is 109 cm³/mol. The molecule has 1 aliphatic rings. The molecule has 1 fully saturated rings. The van der Waals surface area contributed by atoms with E-state index >= 15 is 0 Å². The molecule has 0 radical (unpaired) electrons. The average molecular weight is 466 g/mol. The Morgan fingerprint density at radius 3 is 1.40 bits per heavy atom. The molecule has 0 bridgehead atoms. The standard InChI is InChI=1S/C23H47N.HI/c1-3-4-5-6-7-8-9-10-11-12-13-14-15-16-17-18-19-23-20-21-24(2)22-23;/h23H,3-22H2,1-2H3;1H. The van der Waals surface area contributed by atoms with E-state index in [1.807, 2.05) is 0 Å². The van der Waals surface area contributed by atoms with Crippen molar-refractivity contribution in [3.63, 3.8) is 0 Å². The zero-order valence-corrected chi connectivity index (χ0v) is 19.8. The number of nitrogens with one attached hydrogen (secondary N) is 1. The molecule has 2 heteroatoms. The first-order valence-corrected chi connectivity index (χ1v) is 11.6. The molecule has 0 aromatic heterocycles. The van der Waals surface area contributed by atoms with Crippen molar-refractivity contribution in [2.24, 2.45) is 5.92 Å². The first-order chi connectivity index (χ1) is 11.8. The summed E-state index contributed by atoms with van der Waals surface area (Å²) in [5.74, 6) is 1.05. The molecule has 1 saturated heterocycles. The molecule has 1 rings (SSSR count). The molecule has 0 saturated carbocycles. The summed E-state index contributed by atoms with van der Waals surface area (Å²) in [6.45, 7) is 5.17. The second kappa shape index (κ2) is 19.5. The van der Waals surface area contributed by atoms with Gasteiger partial charge in [0.15, 0.2) is 0 Å². The molecular formula is C23H48IN. The fourth-order valence-electron chi connectivity index (χ4n) is 4.37. The Kier molecular flexibility index (Phi) is 20.0. The molecule has 1 aliphatic heterocycles. The fraction of sp³-hybridized carbons (Fsp3) is 1.00. The minimum atomic E-state index is 0. The summed E-state index contributed by atoms with van der Waals surface area (Å²) in [5.41, 5.74) is 0. The van der Waals surface area contributed by atoms with Gasteiger partial charge in [-0.2, -0.15) is 0 Å². The van der Waals surface area contributed by atoms with E-state index in [0.717, 1.165) is 5.92 Å². The van der Waals surface area contributed by atoms with Gasteiger partial charge in [0.25, 0.3) is 0 Å². The Labute approximate surface area is 177 Å². The SMILES string of the molecule is CCCCCCCCCCCCCCCCCCC1CC[NH+](C)C1.[I-]. The van der Waals surface area contributed by atoms with Gasteiger partial charge in [-0.3, -0.25) is 0 Å². The highest BCUT2D eigenvalue weighted by molar-refractivity contribution is 4.62. The molecule has 2 unspecified atom stereocenters. The Hall–Kier alpha value is 0.690. The third kappa shape index (κ3) is 16.6. The van der Waals surface area contributed by atoms with Gasteiger partial charge < -0.3 is 28.9 Å². The summed E-state index contributed by atoms with van der Waals surface area (Å²) in [6, 6.07) is 0. The third-order valence-electron chi connectivity index (χ3n) is 6.08. The normalized spacial score (nSPS) is 19.9. The molecule has 0 aliphatic carbocycles. The van der Waals surface area contributed by atoms with E-state index in [1.165, 1.54) is 129 Å². The van der Waals surface area contributed by atoms with Gasteiger partial charge in [-0.1, -0.05) is 110 Å². The predicted octanol–water partition coefficient (Wildman–Crippen LogP) is 3.18. The molecule has 152 valence electrons. The molecule has 1 nitrogen and oxygen atoms in total. The van der Waals surface area contributed by atoms with E-state index in [1.54, 1.807) is 4.90 Å². The summed E-state index contributed by atoms with van der Waals surface area (Å²) in [7, 11) is 2.35. The maximum atomic E-state index is 2.35. The van der Waals surface area contributed by atoms with Crippen LogP contribution in [0.3, 0.4) is 0 Å².